The molecule has 110 valence electrons. The maximum Gasteiger partial charge on any atom is 0.307 e. The van der Waals surface area contributed by atoms with Gasteiger partial charge in [-0.1, -0.05) is 18.2 Å². The maximum absolute atomic E-state index is 11.4. The van der Waals surface area contributed by atoms with Gasteiger partial charge >= 0.3 is 5.97 Å². The van der Waals surface area contributed by atoms with Gasteiger partial charge < -0.3 is 10.8 Å². The fourth-order valence-corrected chi connectivity index (χ4v) is 2.35. The van der Waals surface area contributed by atoms with Crippen molar-refractivity contribution in [3.8, 4) is 0 Å². The SMILES string of the molecule is Cc1nn(Cc2ccccc2C(N)=O)c(C)c1CC(=O)O. The minimum Gasteiger partial charge on any atom is -0.481 e. The van der Waals surface area contributed by atoms with Crippen LogP contribution >= 0.6 is 0 Å². The summed E-state index contributed by atoms with van der Waals surface area (Å²) >= 11 is 0. The molecule has 1 heterocycles. The van der Waals surface area contributed by atoms with Gasteiger partial charge in [-0.3, -0.25) is 14.3 Å². The molecule has 2 rings (SSSR count). The van der Waals surface area contributed by atoms with E-state index in [0.717, 1.165) is 11.3 Å². The number of carbonyl (C=O) groups is 2. The second-order valence-electron chi connectivity index (χ2n) is 4.90. The molecule has 0 fully saturated rings. The normalized spacial score (nSPS) is 10.6. The van der Waals surface area contributed by atoms with Crippen molar-refractivity contribution in [3.63, 3.8) is 0 Å². The van der Waals surface area contributed by atoms with Gasteiger partial charge in [-0.05, 0) is 25.5 Å². The van der Waals surface area contributed by atoms with Gasteiger partial charge in [0.1, 0.15) is 0 Å². The number of aromatic nitrogens is 2. The van der Waals surface area contributed by atoms with E-state index in [9.17, 15) is 9.59 Å². The van der Waals surface area contributed by atoms with Crippen molar-refractivity contribution in [3.05, 3.63) is 52.3 Å². The van der Waals surface area contributed by atoms with Crippen LogP contribution in [0.4, 0.5) is 0 Å². The standard InChI is InChI=1S/C15H17N3O3/c1-9-13(7-14(19)20)10(2)18(17-9)8-11-5-3-4-6-12(11)15(16)21/h3-6H,7-8H2,1-2H3,(H2,16,21)(H,19,20). The molecule has 6 nitrogen and oxygen atoms in total. The highest BCUT2D eigenvalue weighted by Gasteiger charge is 2.16. The summed E-state index contributed by atoms with van der Waals surface area (Å²) in [4.78, 5) is 22.3. The first kappa shape index (κ1) is 14.8. The van der Waals surface area contributed by atoms with E-state index < -0.39 is 11.9 Å². The van der Waals surface area contributed by atoms with Gasteiger partial charge in [-0.15, -0.1) is 0 Å². The van der Waals surface area contributed by atoms with E-state index in [4.69, 9.17) is 10.8 Å². The third-order valence-electron chi connectivity index (χ3n) is 3.46. The number of hydrogen-bond acceptors (Lipinski definition) is 3. The number of carboxylic acid groups (broad SMARTS) is 1. The molecule has 1 aromatic heterocycles. The molecule has 0 aliphatic heterocycles. The summed E-state index contributed by atoms with van der Waals surface area (Å²) in [5.74, 6) is -1.38. The topological polar surface area (TPSA) is 98.2 Å². The zero-order chi connectivity index (χ0) is 15.6. The lowest BCUT2D eigenvalue weighted by Crippen LogP contribution is -2.16. The summed E-state index contributed by atoms with van der Waals surface area (Å²) in [5, 5.41) is 13.3. The van der Waals surface area contributed by atoms with Crippen LogP contribution in [0.15, 0.2) is 24.3 Å². The second-order valence-corrected chi connectivity index (χ2v) is 4.90. The molecule has 0 spiro atoms. The van der Waals surface area contributed by atoms with Crippen molar-refractivity contribution in [2.45, 2.75) is 26.8 Å². The largest absolute Gasteiger partial charge is 0.481 e. The van der Waals surface area contributed by atoms with Crippen LogP contribution in [0, 0.1) is 13.8 Å². The van der Waals surface area contributed by atoms with Gasteiger partial charge in [0.2, 0.25) is 5.91 Å². The number of benzene rings is 1. The third kappa shape index (κ3) is 3.10. The first-order chi connectivity index (χ1) is 9.90. The lowest BCUT2D eigenvalue weighted by molar-refractivity contribution is -0.136. The summed E-state index contributed by atoms with van der Waals surface area (Å²) < 4.78 is 1.70. The lowest BCUT2D eigenvalue weighted by atomic mass is 10.1. The van der Waals surface area contributed by atoms with Crippen LogP contribution < -0.4 is 5.73 Å². The van der Waals surface area contributed by atoms with Crippen molar-refractivity contribution < 1.29 is 14.7 Å². The van der Waals surface area contributed by atoms with Crippen LogP contribution in [-0.2, 0) is 17.8 Å². The van der Waals surface area contributed by atoms with Gasteiger partial charge in [-0.2, -0.15) is 5.10 Å². The Morgan fingerprint density at radius 2 is 1.95 bits per heavy atom. The molecule has 0 aliphatic carbocycles. The molecular weight excluding hydrogens is 270 g/mol. The van der Waals surface area contributed by atoms with Crippen molar-refractivity contribution in [1.82, 2.24) is 9.78 Å². The van der Waals surface area contributed by atoms with Crippen LogP contribution in [0.5, 0.6) is 0 Å². The van der Waals surface area contributed by atoms with Crippen molar-refractivity contribution in [2.75, 3.05) is 0 Å². The zero-order valence-electron chi connectivity index (χ0n) is 12.0. The molecule has 0 bridgehead atoms. The van der Waals surface area contributed by atoms with Crippen LogP contribution in [-0.4, -0.2) is 26.8 Å². The Labute approximate surface area is 122 Å². The van der Waals surface area contributed by atoms with Crippen molar-refractivity contribution >= 4 is 11.9 Å². The van der Waals surface area contributed by atoms with E-state index in [1.54, 1.807) is 23.7 Å². The predicted molar refractivity (Wildman–Crippen MR) is 77.1 cm³/mol. The molecule has 3 N–H and O–H groups in total. The summed E-state index contributed by atoms with van der Waals surface area (Å²) in [6.45, 7) is 3.98. The molecule has 0 unspecified atom stereocenters. The Morgan fingerprint density at radius 1 is 1.29 bits per heavy atom. The Kier molecular flexibility index (Phi) is 4.07. The second kappa shape index (κ2) is 5.78. The van der Waals surface area contributed by atoms with E-state index in [-0.39, 0.29) is 6.42 Å². The minimum absolute atomic E-state index is 0.0604. The molecule has 21 heavy (non-hydrogen) atoms. The van der Waals surface area contributed by atoms with E-state index in [2.05, 4.69) is 5.10 Å². The number of aryl methyl sites for hydroxylation is 1. The number of nitrogens with zero attached hydrogens (tertiary/aromatic N) is 2. The highest BCUT2D eigenvalue weighted by Crippen LogP contribution is 2.17. The summed E-state index contributed by atoms with van der Waals surface area (Å²) in [6.07, 6.45) is -0.0604. The van der Waals surface area contributed by atoms with Crippen LogP contribution in [0.2, 0.25) is 0 Å². The van der Waals surface area contributed by atoms with E-state index in [0.29, 0.717) is 23.4 Å². The number of amides is 1. The van der Waals surface area contributed by atoms with E-state index >= 15 is 0 Å². The highest BCUT2D eigenvalue weighted by molar-refractivity contribution is 5.94. The summed E-state index contributed by atoms with van der Waals surface area (Å²) in [7, 11) is 0. The predicted octanol–water partition coefficient (Wildman–Crippen LogP) is 1.27. The Bertz CT molecular complexity index is 704. The molecular formula is C15H17N3O3. The quantitative estimate of drug-likeness (QED) is 0.865. The molecule has 1 aromatic carbocycles. The van der Waals surface area contributed by atoms with Gasteiger partial charge in [0, 0.05) is 16.8 Å². The highest BCUT2D eigenvalue weighted by atomic mass is 16.4. The van der Waals surface area contributed by atoms with Crippen LogP contribution in [0.1, 0.15) is 32.9 Å². The monoisotopic (exact) mass is 287 g/mol. The summed E-state index contributed by atoms with van der Waals surface area (Å²) in [5.41, 5.74) is 8.75. The average Bonchev–Trinajstić information content (AvgIpc) is 2.66. The number of nitrogens with two attached hydrogens (primary N) is 1. The molecule has 2 aromatic rings. The van der Waals surface area contributed by atoms with Gasteiger partial charge in [0.05, 0.1) is 18.7 Å². The third-order valence-corrected chi connectivity index (χ3v) is 3.46. The van der Waals surface area contributed by atoms with E-state index in [1.807, 2.05) is 19.1 Å². The minimum atomic E-state index is -0.890. The zero-order valence-corrected chi connectivity index (χ0v) is 12.0. The molecule has 0 aliphatic rings. The number of rotatable bonds is 5. The first-order valence-corrected chi connectivity index (χ1v) is 6.52. The molecule has 0 saturated carbocycles. The molecule has 6 heteroatoms. The van der Waals surface area contributed by atoms with Crippen LogP contribution in [0.25, 0.3) is 0 Å². The van der Waals surface area contributed by atoms with Crippen LogP contribution in [0.3, 0.4) is 0 Å². The molecule has 0 saturated heterocycles. The summed E-state index contributed by atoms with van der Waals surface area (Å²) in [6, 6.07) is 7.06. The Hall–Kier alpha value is -2.63. The number of carboxylic acids is 1. The number of aliphatic carboxylic acids is 1. The molecule has 0 radical (unpaired) electrons. The number of carbonyl (C=O) groups excluding carboxylic acids is 1. The number of primary amides is 1. The lowest BCUT2D eigenvalue weighted by Gasteiger charge is -2.08. The van der Waals surface area contributed by atoms with E-state index in [1.165, 1.54) is 0 Å². The maximum atomic E-state index is 11.4. The smallest absolute Gasteiger partial charge is 0.307 e. The van der Waals surface area contributed by atoms with Gasteiger partial charge in [-0.25, -0.2) is 0 Å². The molecule has 1 amide bonds. The Morgan fingerprint density at radius 3 is 2.57 bits per heavy atom. The fourth-order valence-electron chi connectivity index (χ4n) is 2.35. The van der Waals surface area contributed by atoms with Gasteiger partial charge in [0.25, 0.3) is 0 Å². The molecule has 0 atom stereocenters. The van der Waals surface area contributed by atoms with Gasteiger partial charge in [0.15, 0.2) is 0 Å². The first-order valence-electron chi connectivity index (χ1n) is 6.52. The average molecular weight is 287 g/mol. The fraction of sp³-hybridized carbons (Fsp3) is 0.267. The van der Waals surface area contributed by atoms with Crippen molar-refractivity contribution in [2.24, 2.45) is 5.73 Å². The number of hydrogen-bond donors (Lipinski definition) is 2. The van der Waals surface area contributed by atoms with Crippen molar-refractivity contribution in [1.29, 1.82) is 0 Å². The Balaban J connectivity index is 2.37.